The van der Waals surface area contributed by atoms with E-state index in [1.807, 2.05) is 68.6 Å². The molecule has 8 heteroatoms. The highest BCUT2D eigenvalue weighted by molar-refractivity contribution is 7.93. The molecular weight excluding hydrogens is 484 g/mol. The monoisotopic (exact) mass is 516 g/mol. The first-order valence-electron chi connectivity index (χ1n) is 11.5. The molecular formula is C27H33ClN2O4S. The van der Waals surface area contributed by atoms with E-state index in [4.69, 9.17) is 16.3 Å². The fourth-order valence-electron chi connectivity index (χ4n) is 4.09. The summed E-state index contributed by atoms with van der Waals surface area (Å²) in [4.78, 5) is 2.10. The van der Waals surface area contributed by atoms with Crippen LogP contribution >= 0.6 is 11.6 Å². The quantitative estimate of drug-likeness (QED) is 0.468. The molecule has 188 valence electrons. The maximum absolute atomic E-state index is 13.7. The van der Waals surface area contributed by atoms with Crippen molar-refractivity contribution in [3.8, 4) is 0 Å². The van der Waals surface area contributed by atoms with Gasteiger partial charge >= 0.3 is 0 Å². The minimum Gasteiger partial charge on any atom is -0.497 e. The van der Waals surface area contributed by atoms with Crippen molar-refractivity contribution < 1.29 is 18.3 Å². The number of ether oxygens (including phenoxy) is 1. The van der Waals surface area contributed by atoms with E-state index in [0.29, 0.717) is 29.6 Å². The standard InChI is InChI=1S/C27H33ClN2O4S/c1-21-19-25(34-3)14-15-27(21)35(32,33)30(17-18-31)26-9-5-4-8-23(26)20-29(2)16-6-7-22-10-12-24(28)13-11-22/h4-15,19,21,27,31H,16-18,20H2,1-3H3/b7-6+. The summed E-state index contributed by atoms with van der Waals surface area (Å²) in [6.07, 6.45) is 9.25. The highest BCUT2D eigenvalue weighted by Gasteiger charge is 2.36. The van der Waals surface area contributed by atoms with Gasteiger partial charge in [0.15, 0.2) is 0 Å². The SMILES string of the molecule is COC1=CC(C)C(S(=O)(=O)N(CCO)c2ccccc2CN(C)C/C=C/c2ccc(Cl)cc2)C=C1. The molecule has 0 bridgehead atoms. The summed E-state index contributed by atoms with van der Waals surface area (Å²) in [5, 5.41) is 9.69. The fraction of sp³-hybridized carbons (Fsp3) is 0.333. The first kappa shape index (κ1) is 27.0. The molecule has 3 rings (SSSR count). The number of hydrogen-bond donors (Lipinski definition) is 1. The molecule has 2 unspecified atom stereocenters. The van der Waals surface area contributed by atoms with Crippen LogP contribution in [0, 0.1) is 5.92 Å². The molecule has 0 amide bonds. The summed E-state index contributed by atoms with van der Waals surface area (Å²) in [7, 11) is -0.246. The van der Waals surface area contributed by atoms with Crippen LogP contribution in [-0.2, 0) is 21.3 Å². The number of aliphatic hydroxyl groups is 1. The molecule has 2 atom stereocenters. The van der Waals surface area contributed by atoms with Crippen LogP contribution in [0.5, 0.6) is 0 Å². The molecule has 1 aliphatic rings. The largest absolute Gasteiger partial charge is 0.497 e. The Morgan fingerprint density at radius 1 is 1.14 bits per heavy atom. The Balaban J connectivity index is 1.80. The van der Waals surface area contributed by atoms with Gasteiger partial charge in [0.25, 0.3) is 0 Å². The van der Waals surface area contributed by atoms with Gasteiger partial charge in [-0.1, -0.05) is 67.1 Å². The van der Waals surface area contributed by atoms with Gasteiger partial charge in [-0.3, -0.25) is 9.21 Å². The molecule has 0 heterocycles. The summed E-state index contributed by atoms with van der Waals surface area (Å²) in [6.45, 7) is 2.78. The maximum Gasteiger partial charge on any atom is 0.242 e. The van der Waals surface area contributed by atoms with E-state index in [0.717, 1.165) is 11.1 Å². The van der Waals surface area contributed by atoms with E-state index < -0.39 is 15.3 Å². The second-order valence-electron chi connectivity index (χ2n) is 8.58. The molecule has 0 aliphatic heterocycles. The molecule has 0 aromatic heterocycles. The van der Waals surface area contributed by atoms with Gasteiger partial charge in [-0.25, -0.2) is 8.42 Å². The van der Waals surface area contributed by atoms with E-state index in [1.54, 1.807) is 25.3 Å². The van der Waals surface area contributed by atoms with Crippen molar-refractivity contribution >= 4 is 33.4 Å². The van der Waals surface area contributed by atoms with Crippen molar-refractivity contribution in [3.63, 3.8) is 0 Å². The van der Waals surface area contributed by atoms with Gasteiger partial charge in [0.1, 0.15) is 11.0 Å². The van der Waals surface area contributed by atoms with Crippen LogP contribution < -0.4 is 4.31 Å². The second kappa shape index (κ2) is 12.4. The lowest BCUT2D eigenvalue weighted by atomic mass is 10.0. The zero-order chi connectivity index (χ0) is 25.4. The Morgan fingerprint density at radius 2 is 1.86 bits per heavy atom. The van der Waals surface area contributed by atoms with E-state index in [9.17, 15) is 13.5 Å². The van der Waals surface area contributed by atoms with Gasteiger partial charge in [0.05, 0.1) is 25.9 Å². The van der Waals surface area contributed by atoms with E-state index in [1.165, 1.54) is 4.31 Å². The normalized spacial score (nSPS) is 18.2. The summed E-state index contributed by atoms with van der Waals surface area (Å²) in [5.74, 6) is 0.375. The number of sulfonamides is 1. The van der Waals surface area contributed by atoms with Gasteiger partial charge in [-0.2, -0.15) is 0 Å². The Labute approximate surface area is 213 Å². The molecule has 0 fully saturated rings. The smallest absolute Gasteiger partial charge is 0.242 e. The number of halogens is 1. The lowest BCUT2D eigenvalue weighted by molar-refractivity contribution is 0.300. The van der Waals surface area contributed by atoms with Crippen LogP contribution in [0.15, 0.2) is 78.6 Å². The summed E-state index contributed by atoms with van der Waals surface area (Å²) in [6, 6.07) is 15.1. The molecule has 1 N–H and O–H groups in total. The van der Waals surface area contributed by atoms with Crippen molar-refractivity contribution in [1.82, 2.24) is 4.90 Å². The zero-order valence-corrected chi connectivity index (χ0v) is 21.9. The highest BCUT2D eigenvalue weighted by Crippen LogP contribution is 2.31. The molecule has 35 heavy (non-hydrogen) atoms. The van der Waals surface area contributed by atoms with Gasteiger partial charge in [-0.05, 0) is 48.5 Å². The number of para-hydroxylation sites is 1. The lowest BCUT2D eigenvalue weighted by Crippen LogP contribution is -2.43. The molecule has 6 nitrogen and oxygen atoms in total. The third-order valence-electron chi connectivity index (χ3n) is 5.88. The van der Waals surface area contributed by atoms with Gasteiger partial charge < -0.3 is 9.84 Å². The van der Waals surface area contributed by atoms with Gasteiger partial charge in [-0.15, -0.1) is 0 Å². The fourth-order valence-corrected chi connectivity index (χ4v) is 6.20. The van der Waals surface area contributed by atoms with Gasteiger partial charge in [0, 0.05) is 24.0 Å². The van der Waals surface area contributed by atoms with Crippen molar-refractivity contribution in [3.05, 3.63) is 94.7 Å². The van der Waals surface area contributed by atoms with E-state index in [-0.39, 0.29) is 19.1 Å². The first-order chi connectivity index (χ1) is 16.8. The molecule has 0 spiro atoms. The van der Waals surface area contributed by atoms with Crippen LogP contribution in [0.25, 0.3) is 6.08 Å². The van der Waals surface area contributed by atoms with Crippen molar-refractivity contribution in [2.24, 2.45) is 5.92 Å². The van der Waals surface area contributed by atoms with E-state index in [2.05, 4.69) is 11.0 Å². The minimum absolute atomic E-state index is 0.0164. The summed E-state index contributed by atoms with van der Waals surface area (Å²) < 4.78 is 34.1. The molecule has 2 aromatic rings. The minimum atomic E-state index is -3.79. The number of rotatable bonds is 11. The van der Waals surface area contributed by atoms with Crippen LogP contribution in [0.4, 0.5) is 5.69 Å². The average Bonchev–Trinajstić information content (AvgIpc) is 2.84. The predicted octanol–water partition coefficient (Wildman–Crippen LogP) is 4.72. The first-order valence-corrected chi connectivity index (χ1v) is 13.4. The summed E-state index contributed by atoms with van der Waals surface area (Å²) in [5.41, 5.74) is 2.51. The number of allylic oxidation sites excluding steroid dienone is 2. The summed E-state index contributed by atoms with van der Waals surface area (Å²) >= 11 is 5.94. The molecule has 0 saturated heterocycles. The Bertz CT molecular complexity index is 1180. The topological polar surface area (TPSA) is 70.1 Å². The molecule has 0 saturated carbocycles. The van der Waals surface area contributed by atoms with Crippen LogP contribution in [-0.4, -0.2) is 57.5 Å². The number of aliphatic hydroxyl groups excluding tert-OH is 1. The number of benzene rings is 2. The van der Waals surface area contributed by atoms with E-state index >= 15 is 0 Å². The maximum atomic E-state index is 13.7. The van der Waals surface area contributed by atoms with Crippen LogP contribution in [0.3, 0.4) is 0 Å². The highest BCUT2D eigenvalue weighted by atomic mass is 35.5. The number of anilines is 1. The lowest BCUT2D eigenvalue weighted by Gasteiger charge is -2.32. The second-order valence-corrected chi connectivity index (χ2v) is 11.0. The third-order valence-corrected chi connectivity index (χ3v) is 8.40. The number of hydrogen-bond acceptors (Lipinski definition) is 5. The van der Waals surface area contributed by atoms with Crippen LogP contribution in [0.2, 0.25) is 5.02 Å². The van der Waals surface area contributed by atoms with Crippen LogP contribution in [0.1, 0.15) is 18.1 Å². The zero-order valence-electron chi connectivity index (χ0n) is 20.3. The Kier molecular flexibility index (Phi) is 9.57. The average molecular weight is 517 g/mol. The van der Waals surface area contributed by atoms with Gasteiger partial charge in [0.2, 0.25) is 10.0 Å². The Morgan fingerprint density at radius 3 is 2.51 bits per heavy atom. The number of methoxy groups -OCH3 is 1. The van der Waals surface area contributed by atoms with Crippen molar-refractivity contribution in [2.75, 3.05) is 38.2 Å². The third kappa shape index (κ3) is 6.98. The number of likely N-dealkylation sites (N-methyl/N-ethyl adjacent to an activating group) is 1. The Hall–Kier alpha value is -2.58. The predicted molar refractivity (Wildman–Crippen MR) is 144 cm³/mol. The van der Waals surface area contributed by atoms with Crippen molar-refractivity contribution in [2.45, 2.75) is 18.7 Å². The number of nitrogens with zero attached hydrogens (tertiary/aromatic N) is 2. The molecule has 0 radical (unpaired) electrons. The van der Waals surface area contributed by atoms with Crippen molar-refractivity contribution in [1.29, 1.82) is 0 Å². The molecule has 1 aliphatic carbocycles. The molecule has 2 aromatic carbocycles.